The topological polar surface area (TPSA) is 117 Å². The quantitative estimate of drug-likeness (QED) is 0.0931. The molecule has 0 spiro atoms. The Hall–Kier alpha value is -6.23. The van der Waals surface area contributed by atoms with Crippen LogP contribution in [-0.2, 0) is 25.7 Å². The predicted molar refractivity (Wildman–Crippen MR) is 253 cm³/mol. The normalized spacial score (nSPS) is 17.9. The number of hydrogen-bond donors (Lipinski definition) is 7. The lowest BCUT2D eigenvalue weighted by Gasteiger charge is -2.26. The summed E-state index contributed by atoms with van der Waals surface area (Å²) in [6.45, 7) is 5.02. The van der Waals surface area contributed by atoms with Crippen LogP contribution in [0.2, 0.25) is 5.02 Å². The van der Waals surface area contributed by atoms with Crippen molar-refractivity contribution in [3.63, 3.8) is 0 Å². The fourth-order valence-electron chi connectivity index (χ4n) is 9.91. The van der Waals surface area contributed by atoms with Gasteiger partial charge in [-0.2, -0.15) is 0 Å². The Morgan fingerprint density at radius 1 is 0.635 bits per heavy atom. The molecule has 5 aromatic carbocycles. The minimum absolute atomic E-state index is 0.0999. The number of fused-ring (bicyclic) bond motifs is 9. The summed E-state index contributed by atoms with van der Waals surface area (Å²) in [5, 5.41) is 24.8. The Morgan fingerprint density at radius 3 is 2.00 bits per heavy atom. The number of benzene rings is 5. The van der Waals surface area contributed by atoms with E-state index in [-0.39, 0.29) is 17.9 Å². The average molecular weight is 856 g/mol. The van der Waals surface area contributed by atoms with Crippen LogP contribution in [0.25, 0.3) is 32.7 Å². The molecule has 0 radical (unpaired) electrons. The Kier molecular flexibility index (Phi) is 11.6. The molecule has 0 aliphatic carbocycles. The zero-order valence-electron chi connectivity index (χ0n) is 35.2. The third kappa shape index (κ3) is 8.37. The SMILES string of the molecule is Cc1ccccc1C1NCCc2c1[nH]c1ccc(O)cc21.Clc1ccc2[nH]c3c(c2c1)CCNC3CCc1ccccc1.Fc1ccc2[nH]c3c(c2c1)CCNC3c1cccnc1. The molecule has 0 amide bonds. The van der Waals surface area contributed by atoms with E-state index in [1.165, 1.54) is 61.7 Å². The second-order valence-corrected chi connectivity index (χ2v) is 17.3. The molecule has 7 heterocycles. The van der Waals surface area contributed by atoms with Gasteiger partial charge < -0.3 is 36.0 Å². The van der Waals surface area contributed by atoms with Gasteiger partial charge in [0.25, 0.3) is 0 Å². The second-order valence-electron chi connectivity index (χ2n) is 16.9. The minimum atomic E-state index is -0.184. The van der Waals surface area contributed by atoms with Gasteiger partial charge in [0.15, 0.2) is 0 Å². The van der Waals surface area contributed by atoms with Gasteiger partial charge in [0.2, 0.25) is 0 Å². The van der Waals surface area contributed by atoms with Gasteiger partial charge in [0.1, 0.15) is 11.6 Å². The standard InChI is InChI=1S/C19H19ClN2.C18H18N2O.C16H14FN3/c20-14-7-9-17-16(12-14)15-10-11-21-18(19(15)22-17)8-6-13-4-2-1-3-5-13;1-11-4-2-3-5-13(11)17-18-14(8-9-19-17)15-10-12(21)6-7-16(15)20-18;17-11-3-4-14-13(8-11)12-5-7-19-15(16(12)20-14)10-2-1-6-18-9-10/h1-5,7,9,12,18,21-22H,6,8,10-11H2;2-7,10,17,19-21H,8-9H2,1H3;1-4,6,8-9,15,19-20H,5,7H2. The van der Waals surface area contributed by atoms with Crippen LogP contribution in [0.5, 0.6) is 5.75 Å². The van der Waals surface area contributed by atoms with Crippen LogP contribution in [0, 0.1) is 12.7 Å². The third-order valence-corrected chi connectivity index (χ3v) is 13.2. The van der Waals surface area contributed by atoms with Crippen LogP contribution in [-0.4, -0.2) is 44.7 Å². The van der Waals surface area contributed by atoms with Gasteiger partial charge in [-0.05, 0) is 145 Å². The van der Waals surface area contributed by atoms with Crippen LogP contribution < -0.4 is 16.0 Å². The lowest BCUT2D eigenvalue weighted by atomic mass is 9.92. The first kappa shape index (κ1) is 40.8. The number of rotatable bonds is 5. The number of aryl methyl sites for hydroxylation is 2. The summed E-state index contributed by atoms with van der Waals surface area (Å²) in [6.07, 6.45) is 8.81. The summed E-state index contributed by atoms with van der Waals surface area (Å²) in [5.74, 6) is 0.144. The Labute approximate surface area is 371 Å². The van der Waals surface area contributed by atoms with Crippen molar-refractivity contribution in [3.05, 3.63) is 201 Å². The van der Waals surface area contributed by atoms with E-state index in [4.69, 9.17) is 11.6 Å². The van der Waals surface area contributed by atoms with Crippen LogP contribution in [0.4, 0.5) is 4.39 Å². The summed E-state index contributed by atoms with van der Waals surface area (Å²) in [4.78, 5) is 14.8. The summed E-state index contributed by atoms with van der Waals surface area (Å²) in [6, 6.07) is 40.5. The molecule has 3 aliphatic rings. The minimum Gasteiger partial charge on any atom is -0.508 e. The van der Waals surface area contributed by atoms with Crippen molar-refractivity contribution < 1.29 is 9.50 Å². The number of pyridine rings is 1. The third-order valence-electron chi connectivity index (χ3n) is 12.9. The number of hydrogen-bond acceptors (Lipinski definition) is 5. The first-order chi connectivity index (χ1) is 30.9. The largest absolute Gasteiger partial charge is 0.508 e. The number of aromatic hydroxyl groups is 1. The van der Waals surface area contributed by atoms with E-state index >= 15 is 0 Å². The predicted octanol–water partition coefficient (Wildman–Crippen LogP) is 11.0. The van der Waals surface area contributed by atoms with Gasteiger partial charge in [-0.25, -0.2) is 4.39 Å². The highest BCUT2D eigenvalue weighted by atomic mass is 35.5. The van der Waals surface area contributed by atoms with Gasteiger partial charge >= 0.3 is 0 Å². The van der Waals surface area contributed by atoms with Gasteiger partial charge in [-0.15, -0.1) is 0 Å². The second kappa shape index (κ2) is 17.9. The first-order valence-corrected chi connectivity index (χ1v) is 22.4. The highest BCUT2D eigenvalue weighted by Crippen LogP contribution is 2.37. The van der Waals surface area contributed by atoms with Crippen molar-refractivity contribution in [2.75, 3.05) is 19.6 Å². The molecule has 12 rings (SSSR count). The molecule has 63 heavy (non-hydrogen) atoms. The molecule has 9 aromatic rings. The Balaban J connectivity index is 0.000000112. The summed E-state index contributed by atoms with van der Waals surface area (Å²) in [7, 11) is 0. The number of halogens is 2. The number of aromatic amines is 3. The Bertz CT molecular complexity index is 3030. The van der Waals surface area contributed by atoms with Gasteiger partial charge in [-0.3, -0.25) is 4.98 Å². The van der Waals surface area contributed by atoms with E-state index in [1.54, 1.807) is 18.3 Å². The van der Waals surface area contributed by atoms with Crippen LogP contribution in [0.1, 0.15) is 80.6 Å². The van der Waals surface area contributed by atoms with Gasteiger partial charge in [0, 0.05) is 86.3 Å². The highest BCUT2D eigenvalue weighted by Gasteiger charge is 2.28. The van der Waals surface area contributed by atoms with E-state index in [0.717, 1.165) is 89.8 Å². The van der Waals surface area contributed by atoms with Crippen molar-refractivity contribution in [1.82, 2.24) is 35.9 Å². The van der Waals surface area contributed by atoms with Crippen LogP contribution in [0.3, 0.4) is 0 Å². The van der Waals surface area contributed by atoms with E-state index in [2.05, 4.69) is 116 Å². The maximum Gasteiger partial charge on any atom is 0.123 e. The Morgan fingerprint density at radius 2 is 1.25 bits per heavy atom. The molecule has 0 saturated heterocycles. The molecular weight excluding hydrogens is 805 g/mol. The lowest BCUT2D eigenvalue weighted by Crippen LogP contribution is -2.30. The molecule has 0 saturated carbocycles. The molecule has 0 fully saturated rings. The van der Waals surface area contributed by atoms with E-state index in [1.807, 2.05) is 36.5 Å². The number of H-pyrrole nitrogens is 3. The van der Waals surface area contributed by atoms with E-state index in [9.17, 15) is 9.50 Å². The molecule has 3 unspecified atom stereocenters. The molecule has 3 aliphatic heterocycles. The summed E-state index contributed by atoms with van der Waals surface area (Å²) in [5.41, 5.74) is 16.1. The fraction of sp³-hybridized carbons (Fsp3) is 0.226. The molecule has 10 heteroatoms. The lowest BCUT2D eigenvalue weighted by molar-refractivity contribution is 0.468. The molecule has 0 bridgehead atoms. The highest BCUT2D eigenvalue weighted by molar-refractivity contribution is 6.31. The number of phenols is 1. The number of nitrogens with one attached hydrogen (secondary N) is 6. The number of phenolic OH excluding ortho intramolecular Hbond substituents is 1. The van der Waals surface area contributed by atoms with E-state index in [0.29, 0.717) is 11.8 Å². The zero-order valence-corrected chi connectivity index (χ0v) is 36.0. The molecule has 8 nitrogen and oxygen atoms in total. The maximum absolute atomic E-state index is 13.5. The van der Waals surface area contributed by atoms with Crippen molar-refractivity contribution >= 4 is 44.3 Å². The first-order valence-electron chi connectivity index (χ1n) is 22.0. The monoisotopic (exact) mass is 855 g/mol. The zero-order chi connectivity index (χ0) is 42.9. The van der Waals surface area contributed by atoms with Crippen molar-refractivity contribution in [2.45, 2.75) is 57.2 Å². The number of nitrogens with zero attached hydrogens (tertiary/aromatic N) is 1. The molecule has 318 valence electrons. The van der Waals surface area contributed by atoms with E-state index < -0.39 is 0 Å². The molecule has 4 aromatic heterocycles. The maximum atomic E-state index is 13.5. The molecule has 3 atom stereocenters. The molecule has 7 N–H and O–H groups in total. The van der Waals surface area contributed by atoms with Crippen LogP contribution in [0.15, 0.2) is 134 Å². The summed E-state index contributed by atoms with van der Waals surface area (Å²) < 4.78 is 13.5. The van der Waals surface area contributed by atoms with Crippen molar-refractivity contribution in [3.8, 4) is 5.75 Å². The molecular formula is C53H51ClFN7O. The van der Waals surface area contributed by atoms with Gasteiger partial charge in [0.05, 0.1) is 12.1 Å². The summed E-state index contributed by atoms with van der Waals surface area (Å²) >= 11 is 6.17. The smallest absolute Gasteiger partial charge is 0.123 e. The average Bonchev–Trinajstić information content (AvgIpc) is 4.01. The van der Waals surface area contributed by atoms with Gasteiger partial charge in [-0.1, -0.05) is 72.3 Å². The van der Waals surface area contributed by atoms with Crippen LogP contribution >= 0.6 is 11.6 Å². The number of aromatic nitrogens is 4. The van der Waals surface area contributed by atoms with Crippen molar-refractivity contribution in [2.24, 2.45) is 0 Å². The van der Waals surface area contributed by atoms with Crippen molar-refractivity contribution in [1.29, 1.82) is 0 Å². The fourth-order valence-corrected chi connectivity index (χ4v) is 10.1.